The number of rotatable bonds is 4. The number of carbonyl (C=O) groups excluding carboxylic acids is 3. The quantitative estimate of drug-likeness (QED) is 0.802. The van der Waals surface area contributed by atoms with Gasteiger partial charge >= 0.3 is 0 Å². The van der Waals surface area contributed by atoms with Gasteiger partial charge in [-0.1, -0.05) is 6.07 Å². The van der Waals surface area contributed by atoms with Crippen LogP contribution in [-0.2, 0) is 9.59 Å². The topological polar surface area (TPSA) is 81.8 Å². The zero-order valence-electron chi connectivity index (χ0n) is 14.9. The van der Waals surface area contributed by atoms with Crippen LogP contribution in [0.25, 0.3) is 0 Å². The number of thioether (sulfide) groups is 1. The molecule has 2 saturated heterocycles. The molecule has 1 aromatic rings. The highest BCUT2D eigenvalue weighted by atomic mass is 32.2. The number of amides is 3. The van der Waals surface area contributed by atoms with E-state index in [1.54, 1.807) is 17.0 Å². The van der Waals surface area contributed by atoms with E-state index in [1.807, 2.05) is 29.7 Å². The van der Waals surface area contributed by atoms with Gasteiger partial charge in [-0.25, -0.2) is 0 Å². The van der Waals surface area contributed by atoms with Gasteiger partial charge in [-0.05, 0) is 24.6 Å². The Hall–Kier alpha value is -2.06. The lowest BCUT2D eigenvalue weighted by molar-refractivity contribution is -0.135. The minimum absolute atomic E-state index is 0.00178. The number of hydrogen-bond acceptors (Lipinski definition) is 5. The van der Waals surface area contributed by atoms with Crippen LogP contribution < -0.4 is 10.6 Å². The second-order valence-corrected chi connectivity index (χ2v) is 7.70. The molecular formula is C18H24N4O3S. The van der Waals surface area contributed by atoms with Crippen LogP contribution in [0.4, 0.5) is 5.69 Å². The van der Waals surface area contributed by atoms with E-state index in [0.29, 0.717) is 24.3 Å². The number of piperazine rings is 1. The molecule has 2 aliphatic heterocycles. The molecule has 0 unspecified atom stereocenters. The first-order valence-electron chi connectivity index (χ1n) is 8.80. The highest BCUT2D eigenvalue weighted by Crippen LogP contribution is 2.20. The second-order valence-electron chi connectivity index (χ2n) is 6.47. The van der Waals surface area contributed by atoms with Gasteiger partial charge in [-0.2, -0.15) is 11.8 Å². The number of nitrogens with zero attached hydrogens (tertiary/aromatic N) is 2. The van der Waals surface area contributed by atoms with E-state index in [-0.39, 0.29) is 30.8 Å². The van der Waals surface area contributed by atoms with Gasteiger partial charge in [0, 0.05) is 48.9 Å². The summed E-state index contributed by atoms with van der Waals surface area (Å²) in [7, 11) is 0. The van der Waals surface area contributed by atoms with E-state index in [1.165, 1.54) is 0 Å². The molecule has 2 N–H and O–H groups in total. The molecule has 140 valence electrons. The highest BCUT2D eigenvalue weighted by Gasteiger charge is 2.22. The minimum atomic E-state index is -0.248. The molecule has 2 aliphatic rings. The van der Waals surface area contributed by atoms with Crippen molar-refractivity contribution in [1.29, 1.82) is 0 Å². The maximum Gasteiger partial charge on any atom is 0.253 e. The predicted molar refractivity (Wildman–Crippen MR) is 102 cm³/mol. The summed E-state index contributed by atoms with van der Waals surface area (Å²) in [5.41, 5.74) is 2.08. The van der Waals surface area contributed by atoms with Gasteiger partial charge in [-0.3, -0.25) is 14.4 Å². The summed E-state index contributed by atoms with van der Waals surface area (Å²) in [6.45, 7) is 4.91. The summed E-state index contributed by atoms with van der Waals surface area (Å²) < 4.78 is 0. The van der Waals surface area contributed by atoms with E-state index in [4.69, 9.17) is 0 Å². The molecule has 0 bridgehead atoms. The standard InChI is InChI=1S/C18H24N4O3S/c1-13-2-3-14(18(25)21-6-8-26-9-7-21)10-15(13)20-16(23)12-22-5-4-19-11-17(22)24/h2-3,10,19H,4-9,11-12H2,1H3,(H,20,23). The van der Waals surface area contributed by atoms with Gasteiger partial charge in [0.15, 0.2) is 0 Å². The van der Waals surface area contributed by atoms with E-state index >= 15 is 0 Å². The minimum Gasteiger partial charge on any atom is -0.337 e. The number of aryl methyl sites for hydroxylation is 1. The van der Waals surface area contributed by atoms with Crippen molar-refractivity contribution in [2.45, 2.75) is 6.92 Å². The van der Waals surface area contributed by atoms with Crippen molar-refractivity contribution in [3.8, 4) is 0 Å². The van der Waals surface area contributed by atoms with E-state index in [9.17, 15) is 14.4 Å². The Morgan fingerprint density at radius 2 is 2.00 bits per heavy atom. The predicted octanol–water partition coefficient (Wildman–Crippen LogP) is 0.554. The average Bonchev–Trinajstić information content (AvgIpc) is 2.65. The van der Waals surface area contributed by atoms with E-state index < -0.39 is 0 Å². The van der Waals surface area contributed by atoms with Crippen LogP contribution >= 0.6 is 11.8 Å². The number of carbonyl (C=O) groups is 3. The smallest absolute Gasteiger partial charge is 0.253 e. The Morgan fingerprint density at radius 1 is 1.23 bits per heavy atom. The van der Waals surface area contributed by atoms with Crippen LogP contribution in [0.1, 0.15) is 15.9 Å². The number of nitrogens with one attached hydrogen (secondary N) is 2. The Labute approximate surface area is 157 Å². The number of hydrogen-bond donors (Lipinski definition) is 2. The molecule has 3 rings (SSSR count). The molecule has 3 amide bonds. The Balaban J connectivity index is 1.66. The molecule has 8 heteroatoms. The van der Waals surface area contributed by atoms with Crippen LogP contribution in [0.3, 0.4) is 0 Å². The average molecular weight is 376 g/mol. The fraction of sp³-hybridized carbons (Fsp3) is 0.500. The van der Waals surface area contributed by atoms with Gasteiger partial charge in [0.1, 0.15) is 0 Å². The van der Waals surface area contributed by atoms with Crippen LogP contribution in [-0.4, -0.2) is 78.3 Å². The Bertz CT molecular complexity index is 704. The lowest BCUT2D eigenvalue weighted by Crippen LogP contribution is -2.50. The van der Waals surface area contributed by atoms with Crippen LogP contribution in [0, 0.1) is 6.92 Å². The van der Waals surface area contributed by atoms with Gasteiger partial charge in [-0.15, -0.1) is 0 Å². The van der Waals surface area contributed by atoms with Crippen molar-refractivity contribution >= 4 is 35.2 Å². The van der Waals surface area contributed by atoms with Crippen molar-refractivity contribution in [3.05, 3.63) is 29.3 Å². The van der Waals surface area contributed by atoms with Crippen LogP contribution in [0.15, 0.2) is 18.2 Å². The van der Waals surface area contributed by atoms with E-state index in [0.717, 1.165) is 30.2 Å². The zero-order chi connectivity index (χ0) is 18.5. The third kappa shape index (κ3) is 4.56. The Morgan fingerprint density at radius 3 is 2.73 bits per heavy atom. The molecule has 2 heterocycles. The summed E-state index contributed by atoms with van der Waals surface area (Å²) in [5.74, 6) is 1.59. The van der Waals surface area contributed by atoms with Crippen molar-refractivity contribution in [3.63, 3.8) is 0 Å². The molecule has 0 radical (unpaired) electrons. The van der Waals surface area contributed by atoms with Gasteiger partial charge in [0.2, 0.25) is 11.8 Å². The second kappa shape index (κ2) is 8.55. The summed E-state index contributed by atoms with van der Waals surface area (Å²) >= 11 is 1.85. The van der Waals surface area contributed by atoms with Gasteiger partial charge in [0.05, 0.1) is 13.1 Å². The highest BCUT2D eigenvalue weighted by molar-refractivity contribution is 7.99. The Kier molecular flexibility index (Phi) is 6.16. The normalized spacial score (nSPS) is 18.0. The van der Waals surface area contributed by atoms with Crippen molar-refractivity contribution in [2.75, 3.05) is 56.1 Å². The third-order valence-electron chi connectivity index (χ3n) is 4.58. The number of benzene rings is 1. The zero-order valence-corrected chi connectivity index (χ0v) is 15.7. The molecule has 26 heavy (non-hydrogen) atoms. The number of anilines is 1. The van der Waals surface area contributed by atoms with Crippen molar-refractivity contribution in [2.24, 2.45) is 0 Å². The molecular weight excluding hydrogens is 352 g/mol. The van der Waals surface area contributed by atoms with Crippen LogP contribution in [0.2, 0.25) is 0 Å². The largest absolute Gasteiger partial charge is 0.337 e. The summed E-state index contributed by atoms with van der Waals surface area (Å²) in [6, 6.07) is 5.38. The first-order valence-corrected chi connectivity index (χ1v) is 9.96. The molecule has 0 aliphatic carbocycles. The van der Waals surface area contributed by atoms with Crippen molar-refractivity contribution in [1.82, 2.24) is 15.1 Å². The fourth-order valence-electron chi connectivity index (χ4n) is 3.01. The molecule has 1 aromatic carbocycles. The van der Waals surface area contributed by atoms with Gasteiger partial charge in [0.25, 0.3) is 5.91 Å². The lowest BCUT2D eigenvalue weighted by Gasteiger charge is -2.27. The molecule has 2 fully saturated rings. The first kappa shape index (κ1) is 18.7. The van der Waals surface area contributed by atoms with Crippen molar-refractivity contribution < 1.29 is 14.4 Å². The molecule has 0 aromatic heterocycles. The molecule has 7 nitrogen and oxygen atoms in total. The van der Waals surface area contributed by atoms with E-state index in [2.05, 4.69) is 10.6 Å². The first-order chi connectivity index (χ1) is 12.5. The summed E-state index contributed by atoms with van der Waals surface area (Å²) in [4.78, 5) is 40.2. The summed E-state index contributed by atoms with van der Waals surface area (Å²) in [5, 5.41) is 5.83. The maximum absolute atomic E-state index is 12.7. The van der Waals surface area contributed by atoms with Gasteiger partial charge < -0.3 is 20.4 Å². The summed E-state index contributed by atoms with van der Waals surface area (Å²) in [6.07, 6.45) is 0. The molecule has 0 spiro atoms. The molecule has 0 saturated carbocycles. The van der Waals surface area contributed by atoms with Crippen LogP contribution in [0.5, 0.6) is 0 Å². The lowest BCUT2D eigenvalue weighted by atomic mass is 10.1. The SMILES string of the molecule is Cc1ccc(C(=O)N2CCSCC2)cc1NC(=O)CN1CCNCC1=O. The maximum atomic E-state index is 12.7. The monoisotopic (exact) mass is 376 g/mol. The fourth-order valence-corrected chi connectivity index (χ4v) is 3.92. The third-order valence-corrected chi connectivity index (χ3v) is 5.52. The molecule has 0 atom stereocenters.